The van der Waals surface area contributed by atoms with Crippen molar-refractivity contribution in [3.05, 3.63) is 47.0 Å². The van der Waals surface area contributed by atoms with Gasteiger partial charge in [-0.2, -0.15) is 5.10 Å². The number of hydrogen-bond acceptors (Lipinski definition) is 5. The number of rotatable bonds is 11. The quantitative estimate of drug-likeness (QED) is 0.395. The minimum Gasteiger partial charge on any atom is -0.481 e. The zero-order chi connectivity index (χ0) is 24.8. The molecule has 34 heavy (non-hydrogen) atoms. The van der Waals surface area contributed by atoms with Crippen LogP contribution < -0.4 is 5.32 Å². The molecule has 9 heteroatoms. The molecule has 0 spiro atoms. The lowest BCUT2D eigenvalue weighted by molar-refractivity contribution is -0.139. The Bertz CT molecular complexity index is 983. The van der Waals surface area contributed by atoms with E-state index in [0.717, 1.165) is 36.9 Å². The van der Waals surface area contributed by atoms with E-state index in [1.807, 2.05) is 13.8 Å². The van der Waals surface area contributed by atoms with Gasteiger partial charge < -0.3 is 20.6 Å². The number of amides is 1. The first kappa shape index (κ1) is 25.8. The van der Waals surface area contributed by atoms with Crippen LogP contribution in [0.4, 0.5) is 4.39 Å². The molecule has 1 saturated carbocycles. The molecule has 8 nitrogen and oxygen atoms in total. The van der Waals surface area contributed by atoms with Gasteiger partial charge in [0.1, 0.15) is 5.82 Å². The van der Waals surface area contributed by atoms with Gasteiger partial charge in [0, 0.05) is 17.3 Å². The number of aliphatic carboxylic acids is 1. The summed E-state index contributed by atoms with van der Waals surface area (Å²) in [5.74, 6) is -1.80. The Hall–Kier alpha value is -2.78. The normalized spacial score (nSPS) is 16.1. The minimum absolute atomic E-state index is 0.0386. The van der Waals surface area contributed by atoms with Crippen molar-refractivity contribution in [1.82, 2.24) is 15.1 Å². The van der Waals surface area contributed by atoms with Crippen LogP contribution in [-0.2, 0) is 11.2 Å². The van der Waals surface area contributed by atoms with Crippen molar-refractivity contribution in [2.24, 2.45) is 0 Å². The molecular formula is C25H34FN3O5. The van der Waals surface area contributed by atoms with Crippen LogP contribution in [0.1, 0.15) is 86.5 Å². The maximum atomic E-state index is 13.5. The van der Waals surface area contributed by atoms with Gasteiger partial charge in [-0.1, -0.05) is 26.7 Å². The Kier molecular flexibility index (Phi) is 8.79. The summed E-state index contributed by atoms with van der Waals surface area (Å²) in [6.45, 7) is 3.93. The van der Waals surface area contributed by atoms with E-state index >= 15 is 0 Å². The summed E-state index contributed by atoms with van der Waals surface area (Å²) in [6.07, 6.45) is 2.07. The number of carbonyl (C=O) groups is 2. The summed E-state index contributed by atoms with van der Waals surface area (Å²) in [6, 6.07) is 5.95. The first-order valence-corrected chi connectivity index (χ1v) is 11.9. The first-order chi connectivity index (χ1) is 16.2. The average molecular weight is 476 g/mol. The Morgan fingerprint density at radius 2 is 1.79 bits per heavy atom. The highest BCUT2D eigenvalue weighted by Crippen LogP contribution is 2.29. The SMILES string of the molecule is CC(C)c1c(C(=O)NC2CCCC2)nn(-c2ccc(F)cc2)c1CC[C@@H](O)C[C@@H](O)CC(=O)O. The third kappa shape index (κ3) is 6.64. The number of aliphatic hydroxyl groups excluding tert-OH is 2. The lowest BCUT2D eigenvalue weighted by Gasteiger charge is -2.17. The fraction of sp³-hybridized carbons (Fsp3) is 0.560. The molecule has 2 atom stereocenters. The van der Waals surface area contributed by atoms with Gasteiger partial charge >= 0.3 is 5.97 Å². The molecule has 3 rings (SSSR count). The van der Waals surface area contributed by atoms with Gasteiger partial charge in [0.05, 0.1) is 24.3 Å². The van der Waals surface area contributed by atoms with Crippen LogP contribution in [0.5, 0.6) is 0 Å². The molecule has 2 aromatic rings. The minimum atomic E-state index is -1.15. The van der Waals surface area contributed by atoms with Crippen molar-refractivity contribution < 1.29 is 29.3 Å². The molecule has 4 N–H and O–H groups in total. The summed E-state index contributed by atoms with van der Waals surface area (Å²) in [4.78, 5) is 24.0. The summed E-state index contributed by atoms with van der Waals surface area (Å²) >= 11 is 0. The second-order valence-corrected chi connectivity index (χ2v) is 9.39. The average Bonchev–Trinajstić information content (AvgIpc) is 3.39. The van der Waals surface area contributed by atoms with Crippen molar-refractivity contribution in [3.63, 3.8) is 0 Å². The van der Waals surface area contributed by atoms with E-state index in [2.05, 4.69) is 10.4 Å². The molecule has 186 valence electrons. The Balaban J connectivity index is 1.90. The van der Waals surface area contributed by atoms with E-state index in [1.165, 1.54) is 12.1 Å². The van der Waals surface area contributed by atoms with Crippen molar-refractivity contribution >= 4 is 11.9 Å². The first-order valence-electron chi connectivity index (χ1n) is 11.9. The van der Waals surface area contributed by atoms with E-state index in [-0.39, 0.29) is 36.5 Å². The second kappa shape index (κ2) is 11.6. The van der Waals surface area contributed by atoms with Crippen LogP contribution in [-0.4, -0.2) is 55.2 Å². The highest BCUT2D eigenvalue weighted by molar-refractivity contribution is 5.94. The highest BCUT2D eigenvalue weighted by Gasteiger charge is 2.28. The standard InChI is InChI=1S/C25H34FN3O5/c1-15(2)23-21(12-11-19(30)13-20(31)14-22(32)33)29(18-9-7-16(26)8-10-18)28-24(23)25(34)27-17-5-3-4-6-17/h7-10,15,17,19-20,30-31H,3-6,11-14H2,1-2H3,(H,27,34)(H,32,33)/t19-,20-/m1/s1. The Morgan fingerprint density at radius 3 is 2.38 bits per heavy atom. The number of nitrogens with zero attached hydrogens (tertiary/aromatic N) is 2. The number of nitrogens with one attached hydrogen (secondary N) is 1. The zero-order valence-electron chi connectivity index (χ0n) is 19.7. The molecule has 0 radical (unpaired) electrons. The van der Waals surface area contributed by atoms with Crippen LogP contribution >= 0.6 is 0 Å². The second-order valence-electron chi connectivity index (χ2n) is 9.39. The van der Waals surface area contributed by atoms with Crippen molar-refractivity contribution in [3.8, 4) is 5.69 Å². The Labute approximate surface area is 198 Å². The summed E-state index contributed by atoms with van der Waals surface area (Å²) in [5.41, 5.74) is 2.41. The summed E-state index contributed by atoms with van der Waals surface area (Å²) in [5, 5.41) is 36.8. The molecule has 1 aromatic carbocycles. The zero-order valence-corrected chi connectivity index (χ0v) is 19.7. The number of aromatic nitrogens is 2. The Morgan fingerprint density at radius 1 is 1.15 bits per heavy atom. The van der Waals surface area contributed by atoms with Gasteiger partial charge in [-0.25, -0.2) is 9.07 Å². The van der Waals surface area contributed by atoms with E-state index in [1.54, 1.807) is 16.8 Å². The lowest BCUT2D eigenvalue weighted by atomic mass is 9.95. The maximum absolute atomic E-state index is 13.5. The van der Waals surface area contributed by atoms with E-state index in [4.69, 9.17) is 5.11 Å². The molecule has 1 amide bonds. The predicted octanol–water partition coefficient (Wildman–Crippen LogP) is 3.33. The predicted molar refractivity (Wildman–Crippen MR) is 125 cm³/mol. The number of hydrogen-bond donors (Lipinski definition) is 4. The van der Waals surface area contributed by atoms with E-state index in [0.29, 0.717) is 17.8 Å². The topological polar surface area (TPSA) is 125 Å². The van der Waals surface area contributed by atoms with E-state index < -0.39 is 24.6 Å². The molecule has 0 saturated heterocycles. The van der Waals surface area contributed by atoms with Crippen molar-refractivity contribution in [1.29, 1.82) is 0 Å². The molecule has 1 aliphatic rings. The molecule has 1 aliphatic carbocycles. The number of halogens is 1. The van der Waals surface area contributed by atoms with Crippen LogP contribution in [0, 0.1) is 5.82 Å². The number of aliphatic hydroxyl groups is 2. The highest BCUT2D eigenvalue weighted by atomic mass is 19.1. The van der Waals surface area contributed by atoms with Gasteiger partial charge in [-0.05, 0) is 62.3 Å². The molecule has 0 unspecified atom stereocenters. The third-order valence-electron chi connectivity index (χ3n) is 6.24. The van der Waals surface area contributed by atoms with Gasteiger partial charge in [0.25, 0.3) is 5.91 Å². The fourth-order valence-electron chi connectivity index (χ4n) is 4.62. The van der Waals surface area contributed by atoms with Gasteiger partial charge in [-0.3, -0.25) is 9.59 Å². The van der Waals surface area contributed by atoms with Gasteiger partial charge in [0.15, 0.2) is 5.69 Å². The molecule has 0 bridgehead atoms. The smallest absolute Gasteiger partial charge is 0.305 e. The third-order valence-corrected chi connectivity index (χ3v) is 6.24. The number of benzene rings is 1. The van der Waals surface area contributed by atoms with E-state index in [9.17, 15) is 24.2 Å². The van der Waals surface area contributed by atoms with Gasteiger partial charge in [0.2, 0.25) is 0 Å². The number of carboxylic acid groups (broad SMARTS) is 1. The lowest BCUT2D eigenvalue weighted by Crippen LogP contribution is -2.33. The fourth-order valence-corrected chi connectivity index (χ4v) is 4.62. The van der Waals surface area contributed by atoms with Gasteiger partial charge in [-0.15, -0.1) is 0 Å². The maximum Gasteiger partial charge on any atom is 0.305 e. The molecule has 1 aromatic heterocycles. The summed E-state index contributed by atoms with van der Waals surface area (Å²) < 4.78 is 15.2. The van der Waals surface area contributed by atoms with Crippen LogP contribution in [0.3, 0.4) is 0 Å². The van der Waals surface area contributed by atoms with Crippen LogP contribution in [0.15, 0.2) is 24.3 Å². The molecular weight excluding hydrogens is 441 g/mol. The molecule has 0 aliphatic heterocycles. The number of carbonyl (C=O) groups excluding carboxylic acids is 1. The van der Waals surface area contributed by atoms with Crippen LogP contribution in [0.25, 0.3) is 5.69 Å². The summed E-state index contributed by atoms with van der Waals surface area (Å²) in [7, 11) is 0. The number of carboxylic acids is 1. The monoisotopic (exact) mass is 475 g/mol. The molecule has 1 heterocycles. The largest absolute Gasteiger partial charge is 0.481 e. The van der Waals surface area contributed by atoms with Crippen molar-refractivity contribution in [2.45, 2.75) is 89.4 Å². The van der Waals surface area contributed by atoms with Crippen molar-refractivity contribution in [2.75, 3.05) is 0 Å². The molecule has 1 fully saturated rings. The van der Waals surface area contributed by atoms with Crippen LogP contribution in [0.2, 0.25) is 0 Å².